The first-order chi connectivity index (χ1) is 8.04. The quantitative estimate of drug-likeness (QED) is 0.762. The van der Waals surface area contributed by atoms with E-state index in [0.717, 1.165) is 11.3 Å². The van der Waals surface area contributed by atoms with Crippen molar-refractivity contribution >= 4 is 40.9 Å². The summed E-state index contributed by atoms with van der Waals surface area (Å²) in [5, 5.41) is 1.34. The van der Waals surface area contributed by atoms with E-state index in [9.17, 15) is 4.79 Å². The number of ether oxygens (including phenoxy) is 1. The highest BCUT2D eigenvalue weighted by Crippen LogP contribution is 2.30. The number of hydrogen-bond donors (Lipinski definition) is 0. The molecule has 2 nitrogen and oxygen atoms in total. The van der Waals surface area contributed by atoms with Crippen molar-refractivity contribution < 1.29 is 9.53 Å². The third-order valence-corrected chi connectivity index (χ3v) is 4.31. The maximum absolute atomic E-state index is 11.1. The van der Waals surface area contributed by atoms with Gasteiger partial charge in [0.1, 0.15) is 0 Å². The molecule has 1 rings (SSSR count). The fourth-order valence-electron chi connectivity index (χ4n) is 1.27. The number of benzene rings is 1. The zero-order chi connectivity index (χ0) is 12.8. The molecule has 1 aromatic carbocycles. The standard InChI is InChI=1S/C12H14Cl2O2S/c1-8(6-11(15)16-2)17-7-9-4-3-5-10(13)12(9)14/h3-5,8H,6-7H2,1-2H3. The number of halogens is 2. The smallest absolute Gasteiger partial charge is 0.306 e. The Kier molecular flexibility index (Phi) is 6.17. The summed E-state index contributed by atoms with van der Waals surface area (Å²) in [6, 6.07) is 5.57. The third kappa shape index (κ3) is 4.78. The van der Waals surface area contributed by atoms with E-state index in [-0.39, 0.29) is 11.2 Å². The Bertz CT molecular complexity index is 396. The lowest BCUT2D eigenvalue weighted by Gasteiger charge is -2.11. The monoisotopic (exact) mass is 292 g/mol. The molecule has 94 valence electrons. The molecule has 0 aliphatic rings. The highest BCUT2D eigenvalue weighted by atomic mass is 35.5. The second-order valence-electron chi connectivity index (χ2n) is 3.61. The summed E-state index contributed by atoms with van der Waals surface area (Å²) in [6.45, 7) is 1.99. The van der Waals surface area contributed by atoms with Crippen molar-refractivity contribution in [2.45, 2.75) is 24.3 Å². The number of carbonyl (C=O) groups is 1. The van der Waals surface area contributed by atoms with Gasteiger partial charge in [0, 0.05) is 11.0 Å². The molecule has 0 aromatic heterocycles. The third-order valence-electron chi connectivity index (χ3n) is 2.24. The minimum Gasteiger partial charge on any atom is -0.469 e. The summed E-state index contributed by atoms with van der Waals surface area (Å²) < 4.78 is 4.62. The molecular weight excluding hydrogens is 279 g/mol. The van der Waals surface area contributed by atoms with Gasteiger partial charge in [-0.3, -0.25) is 4.79 Å². The van der Waals surface area contributed by atoms with Crippen LogP contribution in [-0.4, -0.2) is 18.3 Å². The Balaban J connectivity index is 2.50. The number of carbonyl (C=O) groups excluding carboxylic acids is 1. The van der Waals surface area contributed by atoms with Crippen molar-refractivity contribution in [2.24, 2.45) is 0 Å². The predicted octanol–water partition coefficient (Wildman–Crippen LogP) is 4.18. The van der Waals surface area contributed by atoms with Gasteiger partial charge in [-0.15, -0.1) is 0 Å². The number of esters is 1. The molecule has 1 aromatic rings. The molecule has 1 unspecified atom stereocenters. The SMILES string of the molecule is COC(=O)CC(C)SCc1cccc(Cl)c1Cl. The molecule has 1 atom stereocenters. The lowest BCUT2D eigenvalue weighted by molar-refractivity contribution is -0.140. The summed E-state index contributed by atoms with van der Waals surface area (Å²) >= 11 is 13.6. The van der Waals surface area contributed by atoms with Crippen LogP contribution in [0.2, 0.25) is 10.0 Å². The summed E-state index contributed by atoms with van der Waals surface area (Å²) in [6.07, 6.45) is 0.402. The first kappa shape index (κ1) is 14.7. The van der Waals surface area contributed by atoms with Gasteiger partial charge in [0.2, 0.25) is 0 Å². The first-order valence-corrected chi connectivity index (χ1v) is 6.96. The highest BCUT2D eigenvalue weighted by molar-refractivity contribution is 7.99. The number of thioether (sulfide) groups is 1. The molecular formula is C12H14Cl2O2S. The molecule has 0 fully saturated rings. The van der Waals surface area contributed by atoms with Gasteiger partial charge in [-0.25, -0.2) is 0 Å². The van der Waals surface area contributed by atoms with E-state index < -0.39 is 0 Å². The van der Waals surface area contributed by atoms with Crippen LogP contribution in [0.4, 0.5) is 0 Å². The van der Waals surface area contributed by atoms with Gasteiger partial charge in [-0.05, 0) is 11.6 Å². The molecule has 17 heavy (non-hydrogen) atoms. The minimum absolute atomic E-state index is 0.192. The molecule has 0 heterocycles. The van der Waals surface area contributed by atoms with E-state index in [0.29, 0.717) is 16.5 Å². The average molecular weight is 293 g/mol. The van der Waals surface area contributed by atoms with Crippen molar-refractivity contribution in [3.63, 3.8) is 0 Å². The molecule has 0 aliphatic carbocycles. The highest BCUT2D eigenvalue weighted by Gasteiger charge is 2.11. The van der Waals surface area contributed by atoms with E-state index in [4.69, 9.17) is 23.2 Å². The molecule has 0 N–H and O–H groups in total. The van der Waals surface area contributed by atoms with Gasteiger partial charge in [0.25, 0.3) is 0 Å². The minimum atomic E-state index is -0.192. The zero-order valence-electron chi connectivity index (χ0n) is 9.70. The van der Waals surface area contributed by atoms with Gasteiger partial charge >= 0.3 is 5.97 Å². The Morgan fingerprint density at radius 2 is 2.18 bits per heavy atom. The molecule has 0 amide bonds. The Hall–Kier alpha value is -0.380. The maximum Gasteiger partial charge on any atom is 0.306 e. The lowest BCUT2D eigenvalue weighted by atomic mass is 10.2. The predicted molar refractivity (Wildman–Crippen MR) is 73.9 cm³/mol. The lowest BCUT2D eigenvalue weighted by Crippen LogP contribution is -2.08. The van der Waals surface area contributed by atoms with Crippen molar-refractivity contribution in [3.8, 4) is 0 Å². The van der Waals surface area contributed by atoms with Gasteiger partial charge in [0.15, 0.2) is 0 Å². The Labute approximate surface area is 116 Å². The summed E-state index contributed by atoms with van der Waals surface area (Å²) in [5.74, 6) is 0.541. The molecule has 5 heteroatoms. The van der Waals surface area contributed by atoms with Crippen LogP contribution >= 0.6 is 35.0 Å². The zero-order valence-corrected chi connectivity index (χ0v) is 12.0. The largest absolute Gasteiger partial charge is 0.469 e. The van der Waals surface area contributed by atoms with Crippen molar-refractivity contribution in [1.29, 1.82) is 0 Å². The average Bonchev–Trinajstić information content (AvgIpc) is 2.31. The van der Waals surface area contributed by atoms with Gasteiger partial charge in [-0.2, -0.15) is 11.8 Å². The van der Waals surface area contributed by atoms with Crippen molar-refractivity contribution in [3.05, 3.63) is 33.8 Å². The Morgan fingerprint density at radius 1 is 1.47 bits per heavy atom. The van der Waals surface area contributed by atoms with Crippen molar-refractivity contribution in [2.75, 3.05) is 7.11 Å². The molecule has 0 saturated heterocycles. The van der Waals surface area contributed by atoms with Gasteiger partial charge < -0.3 is 4.74 Å². The second-order valence-corrected chi connectivity index (χ2v) is 5.83. The van der Waals surface area contributed by atoms with E-state index in [2.05, 4.69) is 4.74 Å². The number of hydrogen-bond acceptors (Lipinski definition) is 3. The van der Waals surface area contributed by atoms with E-state index in [1.165, 1.54) is 7.11 Å². The number of methoxy groups -OCH3 is 1. The fourth-order valence-corrected chi connectivity index (χ4v) is 2.69. The molecule has 0 bridgehead atoms. The van der Waals surface area contributed by atoms with Crippen molar-refractivity contribution in [1.82, 2.24) is 0 Å². The first-order valence-electron chi connectivity index (χ1n) is 5.16. The van der Waals surface area contributed by atoms with Crippen LogP contribution < -0.4 is 0 Å². The number of rotatable bonds is 5. The van der Waals surface area contributed by atoms with Crippen LogP contribution in [0.15, 0.2) is 18.2 Å². The maximum atomic E-state index is 11.1. The topological polar surface area (TPSA) is 26.3 Å². The summed E-state index contributed by atoms with van der Waals surface area (Å²) in [4.78, 5) is 11.1. The van der Waals surface area contributed by atoms with Crippen LogP contribution in [-0.2, 0) is 15.3 Å². The van der Waals surface area contributed by atoms with Crippen LogP contribution in [0, 0.1) is 0 Å². The molecule has 0 spiro atoms. The van der Waals surface area contributed by atoms with E-state index in [1.54, 1.807) is 17.8 Å². The molecule has 0 saturated carbocycles. The summed E-state index contributed by atoms with van der Waals surface area (Å²) in [5.41, 5.74) is 0.987. The summed E-state index contributed by atoms with van der Waals surface area (Å²) in [7, 11) is 1.40. The van der Waals surface area contributed by atoms with Gasteiger partial charge in [-0.1, -0.05) is 42.3 Å². The normalized spacial score (nSPS) is 12.2. The molecule has 0 radical (unpaired) electrons. The van der Waals surface area contributed by atoms with E-state index >= 15 is 0 Å². The van der Waals surface area contributed by atoms with Crippen LogP contribution in [0.25, 0.3) is 0 Å². The fraction of sp³-hybridized carbons (Fsp3) is 0.417. The van der Waals surface area contributed by atoms with Gasteiger partial charge in [0.05, 0.1) is 23.6 Å². The Morgan fingerprint density at radius 3 is 2.82 bits per heavy atom. The van der Waals surface area contributed by atoms with Crippen LogP contribution in [0.1, 0.15) is 18.9 Å². The molecule has 0 aliphatic heterocycles. The van der Waals surface area contributed by atoms with Crippen LogP contribution in [0.3, 0.4) is 0 Å². The second kappa shape index (κ2) is 7.14. The van der Waals surface area contributed by atoms with E-state index in [1.807, 2.05) is 19.1 Å². The van der Waals surface area contributed by atoms with Crippen LogP contribution in [0.5, 0.6) is 0 Å².